The third kappa shape index (κ3) is 66.1. The van der Waals surface area contributed by atoms with E-state index in [1.165, 1.54) is 283 Å². The van der Waals surface area contributed by atoms with Crippen LogP contribution in [0.1, 0.15) is 373 Å². The molecule has 78 heavy (non-hydrogen) atoms. The molecule has 456 valence electrons. The molecule has 0 radical (unpaired) electrons. The van der Waals surface area contributed by atoms with E-state index >= 15 is 0 Å². The van der Waals surface area contributed by atoms with Gasteiger partial charge in [0.25, 0.3) is 0 Å². The largest absolute Gasteiger partial charge is 0.462 e. The zero-order chi connectivity index (χ0) is 56.2. The monoisotopic (exact) mass is 1090 g/mol. The van der Waals surface area contributed by atoms with Crippen LogP contribution in [0.3, 0.4) is 0 Å². The molecular formula is C73H134O5. The highest BCUT2D eigenvalue weighted by Crippen LogP contribution is 2.19. The summed E-state index contributed by atoms with van der Waals surface area (Å²) in [4.78, 5) is 24.6. The van der Waals surface area contributed by atoms with Crippen molar-refractivity contribution in [1.82, 2.24) is 0 Å². The van der Waals surface area contributed by atoms with Crippen LogP contribution in [0.5, 0.6) is 0 Å². The molecule has 0 rings (SSSR count). The highest BCUT2D eigenvalue weighted by atomic mass is 16.6. The lowest BCUT2D eigenvalue weighted by Crippen LogP contribution is -2.28. The molecule has 0 bridgehead atoms. The van der Waals surface area contributed by atoms with Crippen molar-refractivity contribution in [3.05, 3.63) is 60.8 Å². The normalized spacial score (nSPS) is 12.5. The van der Waals surface area contributed by atoms with E-state index in [4.69, 9.17) is 9.47 Å². The fourth-order valence-electron chi connectivity index (χ4n) is 10.6. The van der Waals surface area contributed by atoms with Gasteiger partial charge in [0.15, 0.2) is 6.10 Å². The van der Waals surface area contributed by atoms with Gasteiger partial charge in [-0.25, -0.2) is 0 Å². The maximum atomic E-state index is 12.4. The molecule has 0 heterocycles. The Morgan fingerprint density at radius 2 is 0.551 bits per heavy atom. The van der Waals surface area contributed by atoms with Crippen LogP contribution in [0, 0.1) is 0 Å². The van der Waals surface area contributed by atoms with E-state index in [0.29, 0.717) is 12.8 Å². The van der Waals surface area contributed by atoms with Crippen LogP contribution in [0.2, 0.25) is 0 Å². The molecule has 1 N–H and O–H groups in total. The van der Waals surface area contributed by atoms with Crippen LogP contribution in [-0.2, 0) is 19.1 Å². The molecule has 0 fully saturated rings. The number of carbonyl (C=O) groups is 2. The highest BCUT2D eigenvalue weighted by Gasteiger charge is 2.16. The van der Waals surface area contributed by atoms with Gasteiger partial charge in [-0.15, -0.1) is 0 Å². The van der Waals surface area contributed by atoms with Gasteiger partial charge in [0, 0.05) is 12.8 Å². The fourth-order valence-corrected chi connectivity index (χ4v) is 10.6. The zero-order valence-corrected chi connectivity index (χ0v) is 52.4. The first-order chi connectivity index (χ1) is 38.6. The van der Waals surface area contributed by atoms with Crippen molar-refractivity contribution >= 4 is 11.9 Å². The van der Waals surface area contributed by atoms with Gasteiger partial charge in [0.2, 0.25) is 0 Å². The first-order valence-corrected chi connectivity index (χ1v) is 34.8. The van der Waals surface area contributed by atoms with Crippen LogP contribution in [0.4, 0.5) is 0 Å². The minimum absolute atomic E-state index is 0.0597. The average Bonchev–Trinajstić information content (AvgIpc) is 3.44. The Kier molecular flexibility index (Phi) is 66.8. The number of aliphatic hydroxyl groups excluding tert-OH is 1. The van der Waals surface area contributed by atoms with Gasteiger partial charge in [0.05, 0.1) is 6.61 Å². The molecule has 0 aliphatic heterocycles. The van der Waals surface area contributed by atoms with E-state index in [2.05, 4.69) is 74.6 Å². The number of esters is 2. The molecule has 0 spiro atoms. The molecule has 1 unspecified atom stereocenters. The summed E-state index contributed by atoms with van der Waals surface area (Å²) < 4.78 is 10.8. The minimum atomic E-state index is -0.770. The van der Waals surface area contributed by atoms with E-state index in [1.54, 1.807) is 0 Å². The summed E-state index contributed by atoms with van der Waals surface area (Å²) >= 11 is 0. The second kappa shape index (κ2) is 68.9. The summed E-state index contributed by atoms with van der Waals surface area (Å²) in [7, 11) is 0. The van der Waals surface area contributed by atoms with Gasteiger partial charge in [0.1, 0.15) is 6.61 Å². The van der Waals surface area contributed by atoms with Crippen LogP contribution in [0.25, 0.3) is 0 Å². The molecule has 0 aromatic heterocycles. The average molecular weight is 1090 g/mol. The molecule has 0 aromatic rings. The molecular weight excluding hydrogens is 957 g/mol. The zero-order valence-electron chi connectivity index (χ0n) is 52.4. The molecule has 0 amide bonds. The highest BCUT2D eigenvalue weighted by molar-refractivity contribution is 5.70. The van der Waals surface area contributed by atoms with Crippen molar-refractivity contribution in [3.8, 4) is 0 Å². The summed E-state index contributed by atoms with van der Waals surface area (Å²) in [5, 5.41) is 9.70. The van der Waals surface area contributed by atoms with Crippen LogP contribution >= 0.6 is 0 Å². The molecule has 0 aromatic carbocycles. The van der Waals surface area contributed by atoms with Gasteiger partial charge in [-0.1, -0.05) is 364 Å². The number of carbonyl (C=O) groups excluding carboxylic acids is 2. The quantitative estimate of drug-likeness (QED) is 0.0373. The summed E-state index contributed by atoms with van der Waals surface area (Å²) in [5.74, 6) is -0.567. The maximum absolute atomic E-state index is 12.4. The topological polar surface area (TPSA) is 72.8 Å². The van der Waals surface area contributed by atoms with Gasteiger partial charge < -0.3 is 14.6 Å². The summed E-state index contributed by atoms with van der Waals surface area (Å²) in [6.45, 7) is 4.09. The summed E-state index contributed by atoms with van der Waals surface area (Å²) in [5.41, 5.74) is 0. The molecule has 5 nitrogen and oxygen atoms in total. The minimum Gasteiger partial charge on any atom is -0.462 e. The lowest BCUT2D eigenvalue weighted by molar-refractivity contribution is -0.161. The molecule has 0 saturated carbocycles. The first-order valence-electron chi connectivity index (χ1n) is 34.8. The smallest absolute Gasteiger partial charge is 0.306 e. The lowest BCUT2D eigenvalue weighted by Gasteiger charge is -2.15. The maximum Gasteiger partial charge on any atom is 0.306 e. The van der Waals surface area contributed by atoms with E-state index in [-0.39, 0.29) is 25.2 Å². The van der Waals surface area contributed by atoms with Crippen molar-refractivity contribution in [2.75, 3.05) is 13.2 Å². The number of ether oxygens (including phenoxy) is 2. The summed E-state index contributed by atoms with van der Waals surface area (Å²) in [6.07, 6.45) is 94.0. The van der Waals surface area contributed by atoms with E-state index in [0.717, 1.165) is 64.2 Å². The standard InChI is InChI=1S/C73H134O5/c1-3-5-7-9-11-13-15-17-19-21-23-25-27-29-31-32-33-34-35-36-37-38-39-40-42-44-46-48-50-52-54-56-58-60-62-64-66-68-73(76)78-71(69-74)70-77-72(75)67-65-63-61-59-57-55-53-51-49-47-45-43-41-30-28-26-24-22-20-18-16-14-12-10-8-6-4-2/h5,7,11,13,17,19,23,25,29,31,71,74H,3-4,6,8-10,12,14-16,18,20-22,24,26-28,30,32-70H2,1-2H3/b7-5-,13-11-,19-17-,25-23-,31-29-. The van der Waals surface area contributed by atoms with Gasteiger partial charge in [-0.05, 0) is 57.8 Å². The second-order valence-electron chi connectivity index (χ2n) is 23.6. The number of unbranched alkanes of at least 4 members (excludes halogenated alkanes) is 47. The Hall–Kier alpha value is -2.40. The Morgan fingerprint density at radius 3 is 0.833 bits per heavy atom. The number of allylic oxidation sites excluding steroid dienone is 10. The van der Waals surface area contributed by atoms with E-state index in [1.807, 2.05) is 0 Å². The van der Waals surface area contributed by atoms with Crippen molar-refractivity contribution in [2.24, 2.45) is 0 Å². The van der Waals surface area contributed by atoms with Gasteiger partial charge in [-0.3, -0.25) is 9.59 Å². The fraction of sp³-hybridized carbons (Fsp3) is 0.836. The second-order valence-corrected chi connectivity index (χ2v) is 23.6. The van der Waals surface area contributed by atoms with Crippen molar-refractivity contribution in [1.29, 1.82) is 0 Å². The van der Waals surface area contributed by atoms with Crippen LogP contribution in [-0.4, -0.2) is 36.4 Å². The van der Waals surface area contributed by atoms with Gasteiger partial charge >= 0.3 is 11.9 Å². The first kappa shape index (κ1) is 75.6. The predicted molar refractivity (Wildman–Crippen MR) is 344 cm³/mol. The molecule has 5 heteroatoms. The molecule has 0 saturated heterocycles. The van der Waals surface area contributed by atoms with Crippen LogP contribution < -0.4 is 0 Å². The van der Waals surface area contributed by atoms with Crippen molar-refractivity contribution in [3.63, 3.8) is 0 Å². The van der Waals surface area contributed by atoms with Crippen molar-refractivity contribution < 1.29 is 24.2 Å². The summed E-state index contributed by atoms with van der Waals surface area (Å²) in [6, 6.07) is 0. The Balaban J connectivity index is 3.40. The number of aliphatic hydroxyl groups is 1. The molecule has 0 aliphatic carbocycles. The third-order valence-electron chi connectivity index (χ3n) is 15.8. The van der Waals surface area contributed by atoms with Crippen LogP contribution in [0.15, 0.2) is 60.8 Å². The van der Waals surface area contributed by atoms with Crippen molar-refractivity contribution in [2.45, 2.75) is 380 Å². The Labute approximate surface area is 487 Å². The SMILES string of the molecule is CC/C=C\C/C=C\C/C=C\C/C=C\C/C=C\CCCCCCCCCCCCCCCCCCCCCCCC(=O)OC(CO)COC(=O)CCCCCCCCCCCCCCCCCCCCCCCCCCCCC. The van der Waals surface area contributed by atoms with E-state index in [9.17, 15) is 14.7 Å². The number of hydrogen-bond donors (Lipinski definition) is 1. The third-order valence-corrected chi connectivity index (χ3v) is 15.8. The Morgan fingerprint density at radius 1 is 0.308 bits per heavy atom. The molecule has 1 atom stereocenters. The predicted octanol–water partition coefficient (Wildman–Crippen LogP) is 24.1. The number of hydrogen-bond acceptors (Lipinski definition) is 5. The van der Waals surface area contributed by atoms with Gasteiger partial charge in [-0.2, -0.15) is 0 Å². The molecule has 0 aliphatic rings. The van der Waals surface area contributed by atoms with E-state index < -0.39 is 6.10 Å². The number of rotatable bonds is 65. The Bertz CT molecular complexity index is 1330. The lowest BCUT2D eigenvalue weighted by atomic mass is 10.0.